The molecule has 21 heavy (non-hydrogen) atoms. The zero-order valence-corrected chi connectivity index (χ0v) is 13.9. The normalized spacial score (nSPS) is 15.7. The first-order valence-corrected chi connectivity index (χ1v) is 8.28. The van der Waals surface area contributed by atoms with E-state index in [2.05, 4.69) is 63.3 Å². The van der Waals surface area contributed by atoms with E-state index in [-0.39, 0.29) is 6.04 Å². The van der Waals surface area contributed by atoms with E-state index in [4.69, 9.17) is 5.73 Å². The van der Waals surface area contributed by atoms with E-state index < -0.39 is 0 Å². The summed E-state index contributed by atoms with van der Waals surface area (Å²) >= 11 is 3.69. The molecule has 0 spiro atoms. The number of halogens is 1. The second kappa shape index (κ2) is 6.20. The molecule has 0 saturated carbocycles. The Kier molecular flexibility index (Phi) is 4.32. The first-order valence-electron chi connectivity index (χ1n) is 7.49. The predicted octanol–water partition coefficient (Wildman–Crippen LogP) is 3.90. The Hall–Kier alpha value is -1.32. The van der Waals surface area contributed by atoms with E-state index in [1.54, 1.807) is 0 Å². The van der Waals surface area contributed by atoms with Crippen molar-refractivity contribution in [1.82, 2.24) is 0 Å². The van der Waals surface area contributed by atoms with Crippen molar-refractivity contribution in [3.05, 3.63) is 63.6 Å². The number of anilines is 1. The second-order valence-corrected chi connectivity index (χ2v) is 6.75. The predicted molar refractivity (Wildman–Crippen MR) is 92.7 cm³/mol. The van der Waals surface area contributed by atoms with E-state index in [9.17, 15) is 0 Å². The Labute approximate surface area is 135 Å². The highest BCUT2D eigenvalue weighted by Gasteiger charge is 2.16. The lowest BCUT2D eigenvalue weighted by atomic mass is 9.99. The third kappa shape index (κ3) is 3.30. The van der Waals surface area contributed by atoms with Crippen molar-refractivity contribution in [2.45, 2.75) is 32.4 Å². The first kappa shape index (κ1) is 14.6. The fourth-order valence-electron chi connectivity index (χ4n) is 2.96. The van der Waals surface area contributed by atoms with Crippen LogP contribution in [-0.4, -0.2) is 12.6 Å². The quantitative estimate of drug-likeness (QED) is 0.914. The molecule has 2 nitrogen and oxygen atoms in total. The van der Waals surface area contributed by atoms with Gasteiger partial charge in [0.2, 0.25) is 0 Å². The lowest BCUT2D eigenvalue weighted by Gasteiger charge is -2.31. The fourth-order valence-corrected chi connectivity index (χ4v) is 3.49. The highest BCUT2D eigenvalue weighted by Crippen LogP contribution is 2.29. The minimum Gasteiger partial charge on any atom is -0.367 e. The largest absolute Gasteiger partial charge is 0.367 e. The zero-order chi connectivity index (χ0) is 14.8. The average molecular weight is 345 g/mol. The standard InChI is InChI=1S/C18H21BrN2/c1-13(20)10-15-6-7-17(11-18(15)19)21-9-8-14-4-2-3-5-16(14)12-21/h2-7,11,13H,8-10,12,20H2,1H3. The van der Waals surface area contributed by atoms with Crippen molar-refractivity contribution in [3.8, 4) is 0 Å². The topological polar surface area (TPSA) is 29.3 Å². The summed E-state index contributed by atoms with van der Waals surface area (Å²) < 4.78 is 1.16. The molecule has 1 atom stereocenters. The van der Waals surface area contributed by atoms with Gasteiger partial charge in [0.15, 0.2) is 0 Å². The van der Waals surface area contributed by atoms with Gasteiger partial charge < -0.3 is 10.6 Å². The van der Waals surface area contributed by atoms with Gasteiger partial charge in [0.25, 0.3) is 0 Å². The summed E-state index contributed by atoms with van der Waals surface area (Å²) in [5.74, 6) is 0. The van der Waals surface area contributed by atoms with Gasteiger partial charge in [-0.15, -0.1) is 0 Å². The number of nitrogens with zero attached hydrogens (tertiary/aromatic N) is 1. The maximum atomic E-state index is 5.90. The Balaban J connectivity index is 1.81. The maximum Gasteiger partial charge on any atom is 0.0432 e. The molecule has 3 rings (SSSR count). The fraction of sp³-hybridized carbons (Fsp3) is 0.333. The molecule has 0 aliphatic carbocycles. The number of fused-ring (bicyclic) bond motifs is 1. The molecule has 0 radical (unpaired) electrons. The Bertz CT molecular complexity index is 637. The van der Waals surface area contributed by atoms with Crippen LogP contribution in [0.1, 0.15) is 23.6 Å². The van der Waals surface area contributed by atoms with Gasteiger partial charge in [-0.3, -0.25) is 0 Å². The summed E-state index contributed by atoms with van der Waals surface area (Å²) in [6, 6.07) is 15.6. The van der Waals surface area contributed by atoms with Crippen LogP contribution in [0.4, 0.5) is 5.69 Å². The van der Waals surface area contributed by atoms with Crippen molar-refractivity contribution in [3.63, 3.8) is 0 Å². The molecule has 1 aliphatic heterocycles. The second-order valence-electron chi connectivity index (χ2n) is 5.90. The van der Waals surface area contributed by atoms with Crippen LogP contribution < -0.4 is 10.6 Å². The van der Waals surface area contributed by atoms with Crippen LogP contribution in [-0.2, 0) is 19.4 Å². The van der Waals surface area contributed by atoms with Crippen molar-refractivity contribution in [2.75, 3.05) is 11.4 Å². The van der Waals surface area contributed by atoms with Gasteiger partial charge in [-0.2, -0.15) is 0 Å². The van der Waals surface area contributed by atoms with Gasteiger partial charge in [-0.05, 0) is 48.6 Å². The van der Waals surface area contributed by atoms with Gasteiger partial charge >= 0.3 is 0 Å². The number of hydrogen-bond donors (Lipinski definition) is 1. The van der Waals surface area contributed by atoms with Crippen molar-refractivity contribution in [2.24, 2.45) is 5.73 Å². The summed E-state index contributed by atoms with van der Waals surface area (Å²) in [4.78, 5) is 2.45. The van der Waals surface area contributed by atoms with E-state index >= 15 is 0 Å². The van der Waals surface area contributed by atoms with Crippen molar-refractivity contribution >= 4 is 21.6 Å². The molecule has 1 heterocycles. The summed E-state index contributed by atoms with van der Waals surface area (Å²) in [6.07, 6.45) is 2.03. The summed E-state index contributed by atoms with van der Waals surface area (Å²) in [5, 5.41) is 0. The summed E-state index contributed by atoms with van der Waals surface area (Å²) in [7, 11) is 0. The molecular formula is C18H21BrN2. The Morgan fingerprint density at radius 2 is 1.95 bits per heavy atom. The minimum atomic E-state index is 0.189. The number of rotatable bonds is 3. The highest BCUT2D eigenvalue weighted by atomic mass is 79.9. The first-order chi connectivity index (χ1) is 10.1. The molecule has 0 saturated heterocycles. The van der Waals surface area contributed by atoms with Gasteiger partial charge in [0.05, 0.1) is 0 Å². The van der Waals surface area contributed by atoms with Crippen LogP contribution in [0.25, 0.3) is 0 Å². The lowest BCUT2D eigenvalue weighted by molar-refractivity contribution is 0.726. The summed E-state index contributed by atoms with van der Waals surface area (Å²) in [6.45, 7) is 4.12. The third-order valence-electron chi connectivity index (χ3n) is 4.07. The van der Waals surface area contributed by atoms with Gasteiger partial charge in [0, 0.05) is 29.3 Å². The van der Waals surface area contributed by atoms with E-state index in [0.717, 1.165) is 30.4 Å². The molecule has 2 N–H and O–H groups in total. The van der Waals surface area contributed by atoms with Crippen LogP contribution in [0.3, 0.4) is 0 Å². The molecule has 3 heteroatoms. The molecule has 0 bridgehead atoms. The van der Waals surface area contributed by atoms with Crippen LogP contribution >= 0.6 is 15.9 Å². The number of nitrogens with two attached hydrogens (primary N) is 1. The molecule has 2 aromatic carbocycles. The maximum absolute atomic E-state index is 5.90. The van der Waals surface area contributed by atoms with Crippen LogP contribution in [0.5, 0.6) is 0 Å². The van der Waals surface area contributed by atoms with Crippen LogP contribution in [0.15, 0.2) is 46.9 Å². The molecular weight excluding hydrogens is 324 g/mol. The van der Waals surface area contributed by atoms with Gasteiger partial charge in [-0.25, -0.2) is 0 Å². The third-order valence-corrected chi connectivity index (χ3v) is 4.81. The number of benzene rings is 2. The van der Waals surface area contributed by atoms with Gasteiger partial charge in [0.1, 0.15) is 0 Å². The molecule has 0 fully saturated rings. The minimum absolute atomic E-state index is 0.189. The molecule has 1 unspecified atom stereocenters. The molecule has 0 aromatic heterocycles. The average Bonchev–Trinajstić information content (AvgIpc) is 2.48. The lowest BCUT2D eigenvalue weighted by Crippen LogP contribution is -2.30. The van der Waals surface area contributed by atoms with Crippen molar-refractivity contribution < 1.29 is 0 Å². The van der Waals surface area contributed by atoms with E-state index in [1.165, 1.54) is 22.4 Å². The molecule has 110 valence electrons. The zero-order valence-electron chi connectivity index (χ0n) is 12.3. The molecule has 2 aromatic rings. The van der Waals surface area contributed by atoms with Crippen LogP contribution in [0, 0.1) is 0 Å². The monoisotopic (exact) mass is 344 g/mol. The Morgan fingerprint density at radius 1 is 1.19 bits per heavy atom. The molecule has 1 aliphatic rings. The van der Waals surface area contributed by atoms with Crippen molar-refractivity contribution in [1.29, 1.82) is 0 Å². The van der Waals surface area contributed by atoms with Gasteiger partial charge in [-0.1, -0.05) is 46.3 Å². The van der Waals surface area contributed by atoms with E-state index in [0.29, 0.717) is 0 Å². The summed E-state index contributed by atoms with van der Waals surface area (Å²) in [5.41, 5.74) is 11.4. The smallest absolute Gasteiger partial charge is 0.0432 e. The molecule has 0 amide bonds. The highest BCUT2D eigenvalue weighted by molar-refractivity contribution is 9.10. The van der Waals surface area contributed by atoms with E-state index in [1.807, 2.05) is 6.92 Å². The van der Waals surface area contributed by atoms with Crippen LogP contribution in [0.2, 0.25) is 0 Å². The Morgan fingerprint density at radius 3 is 2.67 bits per heavy atom. The number of hydrogen-bond acceptors (Lipinski definition) is 2. The SMILES string of the molecule is CC(N)Cc1ccc(N2CCc3ccccc3C2)cc1Br.